The third-order valence-electron chi connectivity index (χ3n) is 2.93. The van der Waals surface area contributed by atoms with Gasteiger partial charge in [-0.15, -0.1) is 0 Å². The molecule has 19 heavy (non-hydrogen) atoms. The van der Waals surface area contributed by atoms with E-state index >= 15 is 0 Å². The van der Waals surface area contributed by atoms with Crippen molar-refractivity contribution in [3.8, 4) is 0 Å². The summed E-state index contributed by atoms with van der Waals surface area (Å²) in [5.74, 6) is -1.13. The highest BCUT2D eigenvalue weighted by Crippen LogP contribution is 2.09. The molecule has 0 aromatic heterocycles. The van der Waals surface area contributed by atoms with Gasteiger partial charge in [0.05, 0.1) is 6.54 Å². The number of carboxylic acids is 1. The highest BCUT2D eigenvalue weighted by molar-refractivity contribution is 5.92. The fourth-order valence-electron chi connectivity index (χ4n) is 1.85. The SMILES string of the molecule is CCC(C(=O)O)N(C)CC(=O)Nc1ccc(C)cc1. The first-order valence-corrected chi connectivity index (χ1v) is 6.23. The molecule has 1 unspecified atom stereocenters. The average Bonchev–Trinajstić information content (AvgIpc) is 2.32. The van der Waals surface area contributed by atoms with E-state index in [0.29, 0.717) is 12.1 Å². The van der Waals surface area contributed by atoms with Crippen LogP contribution in [0.1, 0.15) is 18.9 Å². The maximum atomic E-state index is 11.8. The van der Waals surface area contributed by atoms with E-state index in [1.807, 2.05) is 31.2 Å². The lowest BCUT2D eigenvalue weighted by Gasteiger charge is -2.22. The molecule has 5 nitrogen and oxygen atoms in total. The van der Waals surface area contributed by atoms with Gasteiger partial charge < -0.3 is 10.4 Å². The number of anilines is 1. The van der Waals surface area contributed by atoms with Gasteiger partial charge in [0.15, 0.2) is 0 Å². The molecule has 1 rings (SSSR count). The molecule has 0 saturated carbocycles. The minimum Gasteiger partial charge on any atom is -0.480 e. The molecular formula is C14H20N2O3. The van der Waals surface area contributed by atoms with Crippen LogP contribution in [-0.2, 0) is 9.59 Å². The van der Waals surface area contributed by atoms with E-state index in [-0.39, 0.29) is 12.5 Å². The molecule has 104 valence electrons. The average molecular weight is 264 g/mol. The molecule has 0 aliphatic heterocycles. The maximum absolute atomic E-state index is 11.8. The third kappa shape index (κ3) is 4.71. The number of carbonyl (C=O) groups is 2. The Morgan fingerprint density at radius 1 is 1.32 bits per heavy atom. The van der Waals surface area contributed by atoms with Crippen LogP contribution < -0.4 is 5.32 Å². The van der Waals surface area contributed by atoms with Gasteiger partial charge in [0.2, 0.25) is 5.91 Å². The van der Waals surface area contributed by atoms with Crippen LogP contribution in [0, 0.1) is 6.92 Å². The van der Waals surface area contributed by atoms with Gasteiger partial charge >= 0.3 is 5.97 Å². The summed E-state index contributed by atoms with van der Waals surface area (Å²) in [5, 5.41) is 11.7. The van der Waals surface area contributed by atoms with Gasteiger partial charge in [0.1, 0.15) is 6.04 Å². The van der Waals surface area contributed by atoms with Crippen molar-refractivity contribution < 1.29 is 14.7 Å². The number of amides is 1. The van der Waals surface area contributed by atoms with Crippen molar-refractivity contribution in [2.45, 2.75) is 26.3 Å². The highest BCUT2D eigenvalue weighted by atomic mass is 16.4. The van der Waals surface area contributed by atoms with Crippen molar-refractivity contribution in [3.05, 3.63) is 29.8 Å². The minimum atomic E-state index is -0.909. The Balaban J connectivity index is 2.55. The standard InChI is InChI=1S/C14H20N2O3/c1-4-12(14(18)19)16(3)9-13(17)15-11-7-5-10(2)6-8-11/h5-8,12H,4,9H2,1-3H3,(H,15,17)(H,18,19). The summed E-state index contributed by atoms with van der Waals surface area (Å²) >= 11 is 0. The molecule has 0 saturated heterocycles. The van der Waals surface area contributed by atoms with Crippen LogP contribution >= 0.6 is 0 Å². The Bertz CT molecular complexity index is 443. The predicted octanol–water partition coefficient (Wildman–Crippen LogP) is 1.73. The number of hydrogen-bond donors (Lipinski definition) is 2. The molecule has 0 fully saturated rings. The zero-order valence-electron chi connectivity index (χ0n) is 11.5. The Morgan fingerprint density at radius 2 is 1.89 bits per heavy atom. The second-order valence-corrected chi connectivity index (χ2v) is 4.59. The molecule has 1 aromatic carbocycles. The molecule has 5 heteroatoms. The number of likely N-dealkylation sites (N-methyl/N-ethyl adjacent to an activating group) is 1. The number of carbonyl (C=O) groups excluding carboxylic acids is 1. The Kier molecular flexibility index (Phi) is 5.51. The van der Waals surface area contributed by atoms with Crippen molar-refractivity contribution >= 4 is 17.6 Å². The van der Waals surface area contributed by atoms with Crippen molar-refractivity contribution in [2.24, 2.45) is 0 Å². The molecule has 1 atom stereocenters. The molecule has 0 radical (unpaired) electrons. The Morgan fingerprint density at radius 3 is 2.37 bits per heavy atom. The van der Waals surface area contributed by atoms with Crippen LogP contribution in [0.2, 0.25) is 0 Å². The summed E-state index contributed by atoms with van der Waals surface area (Å²) < 4.78 is 0. The van der Waals surface area contributed by atoms with E-state index in [4.69, 9.17) is 5.11 Å². The van der Waals surface area contributed by atoms with E-state index in [2.05, 4.69) is 5.32 Å². The zero-order chi connectivity index (χ0) is 14.4. The fraction of sp³-hybridized carbons (Fsp3) is 0.429. The second kappa shape index (κ2) is 6.89. The molecule has 0 spiro atoms. The topological polar surface area (TPSA) is 69.6 Å². The van der Waals surface area contributed by atoms with Crippen LogP contribution in [-0.4, -0.2) is 41.5 Å². The lowest BCUT2D eigenvalue weighted by Crippen LogP contribution is -2.42. The number of aryl methyl sites for hydroxylation is 1. The van der Waals surface area contributed by atoms with Crippen LogP contribution in [0.15, 0.2) is 24.3 Å². The van der Waals surface area contributed by atoms with Crippen LogP contribution in [0.4, 0.5) is 5.69 Å². The summed E-state index contributed by atoms with van der Waals surface area (Å²) in [6.45, 7) is 3.81. The van der Waals surface area contributed by atoms with E-state index in [1.54, 1.807) is 14.0 Å². The van der Waals surface area contributed by atoms with Crippen LogP contribution in [0.5, 0.6) is 0 Å². The lowest BCUT2D eigenvalue weighted by atomic mass is 10.2. The lowest BCUT2D eigenvalue weighted by molar-refractivity contribution is -0.143. The molecule has 2 N–H and O–H groups in total. The monoisotopic (exact) mass is 264 g/mol. The van der Waals surface area contributed by atoms with Crippen molar-refractivity contribution in [2.75, 3.05) is 18.9 Å². The van der Waals surface area contributed by atoms with Crippen molar-refractivity contribution in [1.82, 2.24) is 4.90 Å². The third-order valence-corrected chi connectivity index (χ3v) is 2.93. The van der Waals surface area contributed by atoms with Gasteiger partial charge in [-0.2, -0.15) is 0 Å². The first kappa shape index (κ1) is 15.2. The summed E-state index contributed by atoms with van der Waals surface area (Å²) in [4.78, 5) is 24.3. The van der Waals surface area contributed by atoms with Crippen LogP contribution in [0.25, 0.3) is 0 Å². The first-order valence-electron chi connectivity index (χ1n) is 6.23. The fourth-order valence-corrected chi connectivity index (χ4v) is 1.85. The molecule has 0 aliphatic carbocycles. The molecule has 1 aromatic rings. The number of rotatable bonds is 6. The summed E-state index contributed by atoms with van der Waals surface area (Å²) in [6.07, 6.45) is 0.462. The molecule has 0 heterocycles. The number of benzene rings is 1. The first-order chi connectivity index (χ1) is 8.93. The normalized spacial score (nSPS) is 12.2. The van der Waals surface area contributed by atoms with Crippen LogP contribution in [0.3, 0.4) is 0 Å². The predicted molar refractivity (Wildman–Crippen MR) is 74.2 cm³/mol. The summed E-state index contributed by atoms with van der Waals surface area (Å²) in [7, 11) is 1.64. The minimum absolute atomic E-state index is 0.0542. The number of aliphatic carboxylic acids is 1. The zero-order valence-corrected chi connectivity index (χ0v) is 11.5. The number of hydrogen-bond acceptors (Lipinski definition) is 3. The largest absolute Gasteiger partial charge is 0.480 e. The Hall–Kier alpha value is -1.88. The van der Waals surface area contributed by atoms with Gasteiger partial charge in [-0.25, -0.2) is 0 Å². The van der Waals surface area contributed by atoms with E-state index in [1.165, 1.54) is 4.90 Å². The van der Waals surface area contributed by atoms with Crippen molar-refractivity contribution in [3.63, 3.8) is 0 Å². The highest BCUT2D eigenvalue weighted by Gasteiger charge is 2.22. The van der Waals surface area contributed by atoms with E-state index in [0.717, 1.165) is 5.56 Å². The smallest absolute Gasteiger partial charge is 0.320 e. The molecule has 0 bridgehead atoms. The van der Waals surface area contributed by atoms with Gasteiger partial charge in [-0.3, -0.25) is 14.5 Å². The number of nitrogens with zero attached hydrogens (tertiary/aromatic N) is 1. The molecule has 1 amide bonds. The van der Waals surface area contributed by atoms with Gasteiger partial charge in [0.25, 0.3) is 0 Å². The molecule has 0 aliphatic rings. The van der Waals surface area contributed by atoms with Gasteiger partial charge in [-0.05, 0) is 32.5 Å². The molecular weight excluding hydrogens is 244 g/mol. The summed E-state index contributed by atoms with van der Waals surface area (Å²) in [6, 6.07) is 6.82. The number of nitrogens with one attached hydrogen (secondary N) is 1. The number of carboxylic acid groups (broad SMARTS) is 1. The second-order valence-electron chi connectivity index (χ2n) is 4.59. The van der Waals surface area contributed by atoms with Gasteiger partial charge in [-0.1, -0.05) is 24.6 Å². The van der Waals surface area contributed by atoms with Crippen molar-refractivity contribution in [1.29, 1.82) is 0 Å². The van der Waals surface area contributed by atoms with E-state index < -0.39 is 12.0 Å². The quantitative estimate of drug-likeness (QED) is 0.821. The van der Waals surface area contributed by atoms with E-state index in [9.17, 15) is 9.59 Å². The maximum Gasteiger partial charge on any atom is 0.320 e. The summed E-state index contributed by atoms with van der Waals surface area (Å²) in [5.41, 5.74) is 1.83. The Labute approximate surface area is 113 Å². The van der Waals surface area contributed by atoms with Gasteiger partial charge in [0, 0.05) is 5.69 Å².